The zero-order valence-corrected chi connectivity index (χ0v) is 17.5. The average molecular weight is 409 g/mol. The van der Waals surface area contributed by atoms with Crippen LogP contribution in [0.25, 0.3) is 11.1 Å². The first-order chi connectivity index (χ1) is 15.1. The molecule has 0 radical (unpaired) electrons. The second-order valence-corrected chi connectivity index (χ2v) is 7.25. The fourth-order valence-corrected chi connectivity index (χ4v) is 3.07. The Labute approximate surface area is 181 Å². The minimum atomic E-state index is -0.172. The Hall–Kier alpha value is -3.99. The predicted octanol–water partition coefficient (Wildman–Crippen LogP) is 6.06. The van der Waals surface area contributed by atoms with Crippen molar-refractivity contribution in [3.63, 3.8) is 0 Å². The van der Waals surface area contributed by atoms with Crippen LogP contribution in [-0.2, 0) is 6.42 Å². The second-order valence-electron chi connectivity index (χ2n) is 7.25. The van der Waals surface area contributed by atoms with Crippen LogP contribution in [-0.4, -0.2) is 15.9 Å². The molecule has 0 aliphatic carbocycles. The van der Waals surface area contributed by atoms with Gasteiger partial charge in [-0.05, 0) is 60.9 Å². The third-order valence-corrected chi connectivity index (χ3v) is 4.96. The van der Waals surface area contributed by atoms with Gasteiger partial charge in [0.15, 0.2) is 0 Å². The number of benzene rings is 3. The van der Waals surface area contributed by atoms with Crippen molar-refractivity contribution < 1.29 is 9.53 Å². The highest BCUT2D eigenvalue weighted by Gasteiger charge is 2.08. The van der Waals surface area contributed by atoms with E-state index in [1.54, 1.807) is 36.7 Å². The molecule has 0 aliphatic rings. The summed E-state index contributed by atoms with van der Waals surface area (Å²) in [6, 6.07) is 23.2. The minimum absolute atomic E-state index is 0.172. The summed E-state index contributed by atoms with van der Waals surface area (Å²) in [5.74, 6) is 0.390. The predicted molar refractivity (Wildman–Crippen MR) is 122 cm³/mol. The maximum absolute atomic E-state index is 12.5. The lowest BCUT2D eigenvalue weighted by Gasteiger charge is -2.08. The van der Waals surface area contributed by atoms with Gasteiger partial charge in [0.1, 0.15) is 5.75 Å². The van der Waals surface area contributed by atoms with Gasteiger partial charge in [0.05, 0.1) is 0 Å². The summed E-state index contributed by atoms with van der Waals surface area (Å²) in [5, 5.41) is 2.90. The Bertz CT molecular complexity index is 1150. The summed E-state index contributed by atoms with van der Waals surface area (Å²) in [6.07, 6.45) is 4.44. The van der Waals surface area contributed by atoms with Gasteiger partial charge in [0, 0.05) is 29.2 Å². The van der Waals surface area contributed by atoms with E-state index in [1.165, 1.54) is 11.1 Å². The number of carbonyl (C=O) groups is 1. The fourth-order valence-electron chi connectivity index (χ4n) is 3.07. The molecule has 3 aromatic carbocycles. The average Bonchev–Trinajstić information content (AvgIpc) is 2.81. The lowest BCUT2D eigenvalue weighted by molar-refractivity contribution is 0.102. The molecule has 1 aromatic heterocycles. The maximum atomic E-state index is 12.5. The quantitative estimate of drug-likeness (QED) is 0.420. The summed E-state index contributed by atoms with van der Waals surface area (Å²) in [7, 11) is 0. The van der Waals surface area contributed by atoms with Crippen molar-refractivity contribution in [3.05, 3.63) is 102 Å². The van der Waals surface area contributed by atoms with E-state index >= 15 is 0 Å². The van der Waals surface area contributed by atoms with Crippen LogP contribution in [0.2, 0.25) is 0 Å². The number of hydrogen-bond donors (Lipinski definition) is 1. The van der Waals surface area contributed by atoms with Crippen LogP contribution in [0.4, 0.5) is 5.69 Å². The van der Waals surface area contributed by atoms with Gasteiger partial charge in [-0.1, -0.05) is 48.9 Å². The van der Waals surface area contributed by atoms with E-state index < -0.39 is 0 Å². The summed E-state index contributed by atoms with van der Waals surface area (Å²) in [5.41, 5.74) is 5.72. The van der Waals surface area contributed by atoms with Gasteiger partial charge in [0.25, 0.3) is 5.91 Å². The summed E-state index contributed by atoms with van der Waals surface area (Å²) in [6.45, 7) is 4.15. The van der Waals surface area contributed by atoms with Crippen LogP contribution < -0.4 is 10.1 Å². The van der Waals surface area contributed by atoms with E-state index in [0.29, 0.717) is 11.3 Å². The molecule has 0 bridgehead atoms. The van der Waals surface area contributed by atoms with Crippen molar-refractivity contribution in [2.75, 3.05) is 5.32 Å². The molecule has 31 heavy (non-hydrogen) atoms. The first-order valence-corrected chi connectivity index (χ1v) is 10.2. The molecule has 0 atom stereocenters. The van der Waals surface area contributed by atoms with Gasteiger partial charge in [-0.2, -0.15) is 0 Å². The first-order valence-electron chi connectivity index (χ1n) is 10.2. The van der Waals surface area contributed by atoms with Crippen molar-refractivity contribution in [3.8, 4) is 22.9 Å². The van der Waals surface area contributed by atoms with Crippen molar-refractivity contribution >= 4 is 11.6 Å². The van der Waals surface area contributed by atoms with Crippen LogP contribution >= 0.6 is 0 Å². The molecule has 1 N–H and O–H groups in total. The van der Waals surface area contributed by atoms with E-state index in [9.17, 15) is 4.79 Å². The number of aryl methyl sites for hydroxylation is 2. The monoisotopic (exact) mass is 409 g/mol. The van der Waals surface area contributed by atoms with Gasteiger partial charge in [0.2, 0.25) is 0 Å². The number of aromatic nitrogens is 2. The van der Waals surface area contributed by atoms with Crippen LogP contribution in [0.15, 0.2) is 85.2 Å². The first kappa shape index (κ1) is 20.3. The Morgan fingerprint density at radius 2 is 1.48 bits per heavy atom. The third kappa shape index (κ3) is 5.14. The molecule has 0 spiro atoms. The highest BCUT2D eigenvalue weighted by Crippen LogP contribution is 2.22. The molecule has 1 heterocycles. The molecule has 0 unspecified atom stereocenters. The van der Waals surface area contributed by atoms with Crippen molar-refractivity contribution in [2.24, 2.45) is 0 Å². The van der Waals surface area contributed by atoms with Crippen LogP contribution in [0.3, 0.4) is 0 Å². The van der Waals surface area contributed by atoms with Gasteiger partial charge < -0.3 is 10.1 Å². The maximum Gasteiger partial charge on any atom is 0.321 e. The Morgan fingerprint density at radius 1 is 0.839 bits per heavy atom. The largest absolute Gasteiger partial charge is 0.424 e. The molecule has 5 heteroatoms. The highest BCUT2D eigenvalue weighted by molar-refractivity contribution is 6.04. The van der Waals surface area contributed by atoms with Crippen LogP contribution in [0.5, 0.6) is 11.8 Å². The van der Waals surface area contributed by atoms with Crippen molar-refractivity contribution in [1.29, 1.82) is 0 Å². The number of hydrogen-bond acceptors (Lipinski definition) is 4. The second kappa shape index (κ2) is 9.22. The molecule has 1 amide bonds. The number of nitrogens with one attached hydrogen (secondary N) is 1. The van der Waals surface area contributed by atoms with Crippen LogP contribution in [0.1, 0.15) is 28.4 Å². The molecule has 0 fully saturated rings. The van der Waals surface area contributed by atoms with E-state index in [4.69, 9.17) is 4.74 Å². The number of carbonyl (C=O) groups excluding carboxylic acids is 1. The number of anilines is 1. The number of ether oxygens (including phenoxy) is 1. The van der Waals surface area contributed by atoms with Gasteiger partial charge in [-0.3, -0.25) is 4.79 Å². The Balaban J connectivity index is 1.38. The zero-order valence-electron chi connectivity index (χ0n) is 17.5. The molecular formula is C26H23N3O2. The summed E-state index contributed by atoms with van der Waals surface area (Å²) in [4.78, 5) is 21.0. The van der Waals surface area contributed by atoms with Crippen LogP contribution in [0, 0.1) is 6.92 Å². The standard InChI is InChI=1S/C26H23N3O2/c1-3-19-6-12-23(13-7-19)29-25(30)21-10-14-24(15-11-21)31-26-27-16-22(17-28-26)20-8-4-18(2)5-9-20/h4-17H,3H2,1-2H3,(H,29,30). The van der Waals surface area contributed by atoms with Gasteiger partial charge >= 0.3 is 6.01 Å². The van der Waals surface area contributed by atoms with Crippen molar-refractivity contribution in [1.82, 2.24) is 9.97 Å². The topological polar surface area (TPSA) is 64.1 Å². The molecule has 0 saturated heterocycles. The molecule has 0 aliphatic heterocycles. The van der Waals surface area contributed by atoms with E-state index in [-0.39, 0.29) is 11.9 Å². The molecule has 154 valence electrons. The summed E-state index contributed by atoms with van der Waals surface area (Å²) >= 11 is 0. The van der Waals surface area contributed by atoms with E-state index in [0.717, 1.165) is 23.2 Å². The summed E-state index contributed by atoms with van der Waals surface area (Å²) < 4.78 is 5.71. The highest BCUT2D eigenvalue weighted by atomic mass is 16.5. The SMILES string of the molecule is CCc1ccc(NC(=O)c2ccc(Oc3ncc(-c4ccc(C)cc4)cn3)cc2)cc1. The number of rotatable bonds is 6. The van der Waals surface area contributed by atoms with E-state index in [1.807, 2.05) is 36.4 Å². The number of nitrogens with zero attached hydrogens (tertiary/aromatic N) is 2. The normalized spacial score (nSPS) is 10.5. The third-order valence-electron chi connectivity index (χ3n) is 4.96. The molecular weight excluding hydrogens is 386 g/mol. The molecule has 5 nitrogen and oxygen atoms in total. The smallest absolute Gasteiger partial charge is 0.321 e. The zero-order chi connectivity index (χ0) is 21.6. The lowest BCUT2D eigenvalue weighted by atomic mass is 10.1. The molecule has 0 saturated carbocycles. The Morgan fingerprint density at radius 3 is 2.10 bits per heavy atom. The molecule has 4 aromatic rings. The van der Waals surface area contributed by atoms with Gasteiger partial charge in [-0.15, -0.1) is 0 Å². The van der Waals surface area contributed by atoms with Crippen molar-refractivity contribution in [2.45, 2.75) is 20.3 Å². The number of amides is 1. The minimum Gasteiger partial charge on any atom is -0.424 e. The molecule has 4 rings (SSSR count). The Kier molecular flexibility index (Phi) is 6.03. The fraction of sp³-hybridized carbons (Fsp3) is 0.115. The van der Waals surface area contributed by atoms with Gasteiger partial charge in [-0.25, -0.2) is 9.97 Å². The lowest BCUT2D eigenvalue weighted by Crippen LogP contribution is -2.11. The van der Waals surface area contributed by atoms with E-state index in [2.05, 4.69) is 41.3 Å².